The zero-order chi connectivity index (χ0) is 13.4. The Morgan fingerprint density at radius 1 is 1.32 bits per heavy atom. The Hall–Kier alpha value is -0.550. The minimum atomic E-state index is 0.334. The van der Waals surface area contributed by atoms with Crippen molar-refractivity contribution in [1.82, 2.24) is 14.9 Å². The average molecular weight is 361 g/mol. The van der Waals surface area contributed by atoms with Crippen LogP contribution < -0.4 is 5.32 Å². The number of nitrogens with zero attached hydrogens (tertiary/aromatic N) is 2. The van der Waals surface area contributed by atoms with Crippen LogP contribution in [0.25, 0.3) is 5.69 Å². The SMILES string of the molecule is Clc1c(Br)ccc(-n2cncc2C2CCCN2)c1Cl. The molecule has 0 bridgehead atoms. The van der Waals surface area contributed by atoms with E-state index in [4.69, 9.17) is 23.2 Å². The topological polar surface area (TPSA) is 29.9 Å². The molecule has 0 aliphatic carbocycles. The molecule has 3 nitrogen and oxygen atoms in total. The van der Waals surface area contributed by atoms with Crippen molar-refractivity contribution in [2.75, 3.05) is 6.54 Å². The van der Waals surface area contributed by atoms with Gasteiger partial charge in [-0.3, -0.25) is 0 Å². The van der Waals surface area contributed by atoms with E-state index in [1.165, 1.54) is 6.42 Å². The summed E-state index contributed by atoms with van der Waals surface area (Å²) in [5.41, 5.74) is 1.98. The van der Waals surface area contributed by atoms with Crippen LogP contribution in [0.3, 0.4) is 0 Å². The van der Waals surface area contributed by atoms with Gasteiger partial charge in [-0.1, -0.05) is 23.2 Å². The summed E-state index contributed by atoms with van der Waals surface area (Å²) in [6.07, 6.45) is 5.97. The molecule has 100 valence electrons. The summed E-state index contributed by atoms with van der Waals surface area (Å²) < 4.78 is 2.80. The lowest BCUT2D eigenvalue weighted by Crippen LogP contribution is -2.16. The fourth-order valence-corrected chi connectivity index (χ4v) is 3.26. The molecule has 1 aromatic carbocycles. The van der Waals surface area contributed by atoms with Gasteiger partial charge in [0.05, 0.1) is 34.0 Å². The monoisotopic (exact) mass is 359 g/mol. The summed E-state index contributed by atoms with van der Waals surface area (Å²) in [6, 6.07) is 4.18. The van der Waals surface area contributed by atoms with Crippen molar-refractivity contribution < 1.29 is 0 Å². The maximum atomic E-state index is 6.34. The fraction of sp³-hybridized carbons (Fsp3) is 0.308. The van der Waals surface area contributed by atoms with Gasteiger partial charge in [0.2, 0.25) is 0 Å². The van der Waals surface area contributed by atoms with E-state index in [1.54, 1.807) is 6.33 Å². The molecule has 1 aliphatic heterocycles. The van der Waals surface area contributed by atoms with Crippen molar-refractivity contribution in [2.45, 2.75) is 18.9 Å². The molecule has 0 saturated carbocycles. The highest BCUT2D eigenvalue weighted by Crippen LogP contribution is 2.36. The molecule has 1 N–H and O–H groups in total. The van der Waals surface area contributed by atoms with Crippen molar-refractivity contribution in [2.24, 2.45) is 0 Å². The number of benzene rings is 1. The highest BCUT2D eigenvalue weighted by molar-refractivity contribution is 9.10. The maximum absolute atomic E-state index is 6.34. The molecule has 1 saturated heterocycles. The summed E-state index contributed by atoms with van der Waals surface area (Å²) in [5.74, 6) is 0. The highest BCUT2D eigenvalue weighted by Gasteiger charge is 2.21. The molecule has 1 aliphatic rings. The highest BCUT2D eigenvalue weighted by atomic mass is 79.9. The van der Waals surface area contributed by atoms with Crippen LogP contribution >= 0.6 is 39.1 Å². The summed E-state index contributed by atoms with van der Waals surface area (Å²) in [6.45, 7) is 1.05. The zero-order valence-electron chi connectivity index (χ0n) is 10.0. The minimum absolute atomic E-state index is 0.334. The van der Waals surface area contributed by atoms with E-state index in [9.17, 15) is 0 Å². The lowest BCUT2D eigenvalue weighted by molar-refractivity contribution is 0.615. The normalized spacial score (nSPS) is 19.0. The summed E-state index contributed by atoms with van der Waals surface area (Å²) in [5, 5.41) is 4.53. The standard InChI is InChI=1S/C13H12BrCl2N3/c14-8-3-4-10(13(16)12(8)15)19-7-17-6-11(19)9-2-1-5-18-9/h3-4,6-7,9,18H,1-2,5H2. The fourth-order valence-electron chi connectivity index (χ4n) is 2.40. The largest absolute Gasteiger partial charge is 0.309 e. The van der Waals surface area contributed by atoms with Crippen molar-refractivity contribution >= 4 is 39.1 Å². The van der Waals surface area contributed by atoms with E-state index >= 15 is 0 Å². The van der Waals surface area contributed by atoms with Crippen LogP contribution in [-0.4, -0.2) is 16.1 Å². The molecule has 19 heavy (non-hydrogen) atoms. The minimum Gasteiger partial charge on any atom is -0.309 e. The molecule has 2 heterocycles. The van der Waals surface area contributed by atoms with Crippen LogP contribution in [0, 0.1) is 0 Å². The number of halogens is 3. The van der Waals surface area contributed by atoms with Gasteiger partial charge in [-0.25, -0.2) is 4.98 Å². The van der Waals surface area contributed by atoms with Crippen LogP contribution in [0.5, 0.6) is 0 Å². The summed E-state index contributed by atoms with van der Waals surface area (Å²) in [7, 11) is 0. The number of rotatable bonds is 2. The third kappa shape index (κ3) is 2.42. The Bertz CT molecular complexity index is 606. The number of imidazole rings is 1. The summed E-state index contributed by atoms with van der Waals surface area (Å²) in [4.78, 5) is 4.25. The van der Waals surface area contributed by atoms with Crippen LogP contribution in [0.4, 0.5) is 0 Å². The molecule has 1 unspecified atom stereocenters. The van der Waals surface area contributed by atoms with Gasteiger partial charge in [0, 0.05) is 10.5 Å². The molecular weight excluding hydrogens is 349 g/mol. The Kier molecular flexibility index (Phi) is 3.85. The van der Waals surface area contributed by atoms with Crippen LogP contribution in [-0.2, 0) is 0 Å². The van der Waals surface area contributed by atoms with Gasteiger partial charge in [-0.2, -0.15) is 0 Å². The van der Waals surface area contributed by atoms with E-state index in [2.05, 4.69) is 26.2 Å². The van der Waals surface area contributed by atoms with E-state index in [0.717, 1.165) is 28.8 Å². The van der Waals surface area contributed by atoms with Gasteiger partial charge >= 0.3 is 0 Å². The van der Waals surface area contributed by atoms with E-state index in [1.807, 2.05) is 22.9 Å². The van der Waals surface area contributed by atoms with Crippen LogP contribution in [0.15, 0.2) is 29.1 Å². The van der Waals surface area contributed by atoms with Crippen molar-refractivity contribution in [3.63, 3.8) is 0 Å². The first kappa shape index (κ1) is 13.4. The van der Waals surface area contributed by atoms with Gasteiger partial charge in [-0.05, 0) is 47.4 Å². The smallest absolute Gasteiger partial charge is 0.0995 e. The van der Waals surface area contributed by atoms with Crippen molar-refractivity contribution in [1.29, 1.82) is 0 Å². The molecule has 1 fully saturated rings. The third-order valence-electron chi connectivity index (χ3n) is 3.36. The Morgan fingerprint density at radius 3 is 2.89 bits per heavy atom. The van der Waals surface area contributed by atoms with Crippen molar-refractivity contribution in [3.8, 4) is 5.69 Å². The first-order valence-corrected chi connectivity index (χ1v) is 7.63. The molecule has 0 amide bonds. The van der Waals surface area contributed by atoms with Gasteiger partial charge in [-0.15, -0.1) is 0 Å². The van der Waals surface area contributed by atoms with E-state index in [-0.39, 0.29) is 0 Å². The van der Waals surface area contributed by atoms with Gasteiger partial charge in [0.15, 0.2) is 0 Å². The number of aromatic nitrogens is 2. The predicted octanol–water partition coefficient (Wildman–Crippen LogP) is 4.37. The quantitative estimate of drug-likeness (QED) is 0.806. The Balaban J connectivity index is 2.08. The van der Waals surface area contributed by atoms with Crippen LogP contribution in [0.2, 0.25) is 10.0 Å². The lowest BCUT2D eigenvalue weighted by atomic mass is 10.1. The first-order valence-electron chi connectivity index (χ1n) is 6.08. The number of nitrogens with one attached hydrogen (secondary N) is 1. The number of hydrogen-bond acceptors (Lipinski definition) is 2. The molecule has 3 rings (SSSR count). The second-order valence-electron chi connectivity index (χ2n) is 4.53. The zero-order valence-corrected chi connectivity index (χ0v) is 13.1. The molecule has 1 atom stereocenters. The lowest BCUT2D eigenvalue weighted by Gasteiger charge is -2.15. The molecular formula is C13H12BrCl2N3. The van der Waals surface area contributed by atoms with Gasteiger partial charge < -0.3 is 9.88 Å². The van der Waals surface area contributed by atoms with Gasteiger partial charge in [0.1, 0.15) is 0 Å². The molecule has 2 aromatic rings. The van der Waals surface area contributed by atoms with E-state index in [0.29, 0.717) is 16.1 Å². The second-order valence-corrected chi connectivity index (χ2v) is 6.14. The van der Waals surface area contributed by atoms with Gasteiger partial charge in [0.25, 0.3) is 0 Å². The Morgan fingerprint density at radius 2 is 2.16 bits per heavy atom. The third-order valence-corrected chi connectivity index (χ3v) is 5.12. The maximum Gasteiger partial charge on any atom is 0.0995 e. The van der Waals surface area contributed by atoms with E-state index < -0.39 is 0 Å². The van der Waals surface area contributed by atoms with Crippen LogP contribution in [0.1, 0.15) is 24.6 Å². The molecule has 0 spiro atoms. The average Bonchev–Trinajstić information content (AvgIpc) is 3.05. The Labute approximate surface area is 130 Å². The molecule has 6 heteroatoms. The summed E-state index contributed by atoms with van der Waals surface area (Å²) >= 11 is 15.9. The second kappa shape index (κ2) is 5.44. The molecule has 0 radical (unpaired) electrons. The number of hydrogen-bond donors (Lipinski definition) is 1. The molecule has 1 aromatic heterocycles. The van der Waals surface area contributed by atoms with Crippen molar-refractivity contribution in [3.05, 3.63) is 44.9 Å². The predicted molar refractivity (Wildman–Crippen MR) is 81.3 cm³/mol. The first-order chi connectivity index (χ1) is 9.18.